The highest BCUT2D eigenvalue weighted by Gasteiger charge is 2.23. The molecule has 1 aromatic heterocycles. The standard InChI is InChI=1S/C34H42N4O3S/c1-5-21-35-32(40)37(24-28(26-15-8-6-9-16-26)27-17-10-7-11-18-27)22-14-23-42-33-36-29-19-12-13-20-30(29)38(33)25-31(39)41-34(2,3)4/h6-13,15-20,28H,5,14,21-25H2,1-4H3,(H,35,40). The molecule has 8 heteroatoms. The molecule has 0 saturated heterocycles. The molecule has 0 fully saturated rings. The third-order valence-electron chi connectivity index (χ3n) is 6.75. The fourth-order valence-corrected chi connectivity index (χ4v) is 5.79. The predicted molar refractivity (Wildman–Crippen MR) is 171 cm³/mol. The number of aromatic nitrogens is 2. The number of amides is 2. The Hall–Kier alpha value is -3.78. The first-order valence-electron chi connectivity index (χ1n) is 14.7. The van der Waals surface area contributed by atoms with Crippen molar-refractivity contribution in [3.8, 4) is 0 Å². The molecule has 42 heavy (non-hydrogen) atoms. The van der Waals surface area contributed by atoms with Crippen LogP contribution in [0.2, 0.25) is 0 Å². The van der Waals surface area contributed by atoms with Crippen molar-refractivity contribution >= 4 is 34.8 Å². The number of para-hydroxylation sites is 2. The zero-order valence-corrected chi connectivity index (χ0v) is 25.9. The summed E-state index contributed by atoms with van der Waals surface area (Å²) in [5.41, 5.74) is 3.56. The van der Waals surface area contributed by atoms with Gasteiger partial charge >= 0.3 is 12.0 Å². The lowest BCUT2D eigenvalue weighted by molar-refractivity contribution is -0.155. The Labute approximate surface area is 253 Å². The van der Waals surface area contributed by atoms with E-state index in [1.807, 2.05) is 90.9 Å². The molecule has 0 aliphatic heterocycles. The Balaban J connectivity index is 1.48. The molecule has 0 radical (unpaired) electrons. The Morgan fingerprint density at radius 3 is 2.19 bits per heavy atom. The van der Waals surface area contributed by atoms with Gasteiger partial charge in [-0.2, -0.15) is 0 Å². The zero-order valence-electron chi connectivity index (χ0n) is 25.1. The number of benzene rings is 3. The number of rotatable bonds is 13. The maximum absolute atomic E-state index is 13.3. The second-order valence-corrected chi connectivity index (χ2v) is 12.4. The SMILES string of the molecule is CCCNC(=O)N(CCCSc1nc2ccccc2n1CC(=O)OC(C)(C)C)CC(c1ccccc1)c1ccccc1. The highest BCUT2D eigenvalue weighted by Crippen LogP contribution is 2.28. The summed E-state index contributed by atoms with van der Waals surface area (Å²) in [6, 6.07) is 28.5. The summed E-state index contributed by atoms with van der Waals surface area (Å²) in [5, 5.41) is 3.85. The van der Waals surface area contributed by atoms with Crippen molar-refractivity contribution in [3.05, 3.63) is 96.1 Å². The molecule has 0 atom stereocenters. The molecule has 0 aliphatic rings. The van der Waals surface area contributed by atoms with Crippen LogP contribution in [0.1, 0.15) is 57.6 Å². The van der Waals surface area contributed by atoms with Gasteiger partial charge in [-0.25, -0.2) is 9.78 Å². The molecule has 0 unspecified atom stereocenters. The molecule has 0 saturated carbocycles. The highest BCUT2D eigenvalue weighted by atomic mass is 32.2. The van der Waals surface area contributed by atoms with E-state index in [9.17, 15) is 9.59 Å². The number of thioether (sulfide) groups is 1. The number of carbonyl (C=O) groups is 2. The maximum Gasteiger partial charge on any atom is 0.326 e. The largest absolute Gasteiger partial charge is 0.459 e. The van der Waals surface area contributed by atoms with Crippen molar-refractivity contribution in [1.29, 1.82) is 0 Å². The van der Waals surface area contributed by atoms with Crippen molar-refractivity contribution in [1.82, 2.24) is 19.8 Å². The van der Waals surface area contributed by atoms with Gasteiger partial charge in [0.25, 0.3) is 0 Å². The van der Waals surface area contributed by atoms with Crippen molar-refractivity contribution < 1.29 is 14.3 Å². The number of carbonyl (C=O) groups excluding carboxylic acids is 2. The third kappa shape index (κ3) is 8.86. The van der Waals surface area contributed by atoms with Crippen molar-refractivity contribution in [2.75, 3.05) is 25.4 Å². The van der Waals surface area contributed by atoms with E-state index in [0.717, 1.165) is 34.8 Å². The number of nitrogens with zero attached hydrogens (tertiary/aromatic N) is 3. The van der Waals surface area contributed by atoms with E-state index in [4.69, 9.17) is 9.72 Å². The number of ether oxygens (including phenoxy) is 1. The summed E-state index contributed by atoms with van der Waals surface area (Å²) in [5.74, 6) is 0.515. The van der Waals surface area contributed by atoms with Gasteiger partial charge in [0, 0.05) is 31.3 Å². The van der Waals surface area contributed by atoms with Gasteiger partial charge in [-0.1, -0.05) is 91.5 Å². The minimum absolute atomic E-state index is 0.0455. The van der Waals surface area contributed by atoms with Crippen LogP contribution in [0.25, 0.3) is 11.0 Å². The summed E-state index contributed by atoms with van der Waals surface area (Å²) in [6.45, 7) is 9.58. The van der Waals surface area contributed by atoms with Crippen LogP contribution in [0.4, 0.5) is 4.79 Å². The Morgan fingerprint density at radius 1 is 0.952 bits per heavy atom. The van der Waals surface area contributed by atoms with Crippen LogP contribution in [0.5, 0.6) is 0 Å². The number of urea groups is 1. The first-order chi connectivity index (χ1) is 20.2. The number of imidazole rings is 1. The van der Waals surface area contributed by atoms with Gasteiger partial charge in [0.15, 0.2) is 5.16 Å². The second kappa shape index (κ2) is 14.9. The lowest BCUT2D eigenvalue weighted by atomic mass is 9.91. The Kier molecular flexibility index (Phi) is 11.1. The number of esters is 1. The maximum atomic E-state index is 13.3. The van der Waals surface area contributed by atoms with Crippen LogP contribution in [0, 0.1) is 0 Å². The molecule has 1 heterocycles. The average Bonchev–Trinajstić information content (AvgIpc) is 3.32. The zero-order chi connectivity index (χ0) is 30.0. The molecule has 0 aliphatic carbocycles. The van der Waals surface area contributed by atoms with Gasteiger partial charge in [-0.3, -0.25) is 4.79 Å². The molecule has 2 amide bonds. The molecule has 4 aromatic rings. The van der Waals surface area contributed by atoms with E-state index in [2.05, 4.69) is 36.5 Å². The number of hydrogen-bond donors (Lipinski definition) is 1. The highest BCUT2D eigenvalue weighted by molar-refractivity contribution is 7.99. The van der Waals surface area contributed by atoms with E-state index >= 15 is 0 Å². The molecule has 0 bridgehead atoms. The van der Waals surface area contributed by atoms with Crippen LogP contribution in [0.15, 0.2) is 90.1 Å². The minimum Gasteiger partial charge on any atom is -0.459 e. The smallest absolute Gasteiger partial charge is 0.326 e. The van der Waals surface area contributed by atoms with Crippen LogP contribution in [0.3, 0.4) is 0 Å². The normalized spacial score (nSPS) is 11.5. The molecule has 1 N–H and O–H groups in total. The number of hydrogen-bond acceptors (Lipinski definition) is 5. The van der Waals surface area contributed by atoms with Crippen molar-refractivity contribution in [2.24, 2.45) is 0 Å². The molecular weight excluding hydrogens is 544 g/mol. The van der Waals surface area contributed by atoms with Crippen LogP contribution in [-0.2, 0) is 16.1 Å². The van der Waals surface area contributed by atoms with Crippen LogP contribution < -0.4 is 5.32 Å². The first-order valence-corrected chi connectivity index (χ1v) is 15.7. The fourth-order valence-electron chi connectivity index (χ4n) is 4.85. The van der Waals surface area contributed by atoms with E-state index in [-0.39, 0.29) is 24.5 Å². The van der Waals surface area contributed by atoms with Gasteiger partial charge in [0.05, 0.1) is 11.0 Å². The molecular formula is C34H42N4O3S. The molecule has 3 aromatic carbocycles. The molecule has 222 valence electrons. The Morgan fingerprint density at radius 2 is 1.57 bits per heavy atom. The summed E-state index contributed by atoms with van der Waals surface area (Å²) in [7, 11) is 0. The van der Waals surface area contributed by atoms with Gasteiger partial charge in [-0.15, -0.1) is 0 Å². The number of fused-ring (bicyclic) bond motifs is 1. The van der Waals surface area contributed by atoms with E-state index in [1.165, 1.54) is 11.1 Å². The van der Waals surface area contributed by atoms with Gasteiger partial charge in [0.1, 0.15) is 12.1 Å². The molecule has 0 spiro atoms. The second-order valence-electron chi connectivity index (χ2n) is 11.3. The molecule has 4 rings (SSSR count). The minimum atomic E-state index is -0.556. The fraction of sp³-hybridized carbons (Fsp3) is 0.382. The monoisotopic (exact) mass is 586 g/mol. The van der Waals surface area contributed by atoms with E-state index < -0.39 is 5.60 Å². The van der Waals surface area contributed by atoms with Gasteiger partial charge in [0.2, 0.25) is 0 Å². The average molecular weight is 587 g/mol. The lowest BCUT2D eigenvalue weighted by Gasteiger charge is -2.29. The third-order valence-corrected chi connectivity index (χ3v) is 7.81. The first kappa shape index (κ1) is 31.2. The van der Waals surface area contributed by atoms with Gasteiger partial charge < -0.3 is 19.5 Å². The molecule has 7 nitrogen and oxygen atoms in total. The lowest BCUT2D eigenvalue weighted by Crippen LogP contribution is -2.43. The summed E-state index contributed by atoms with van der Waals surface area (Å²) in [6.07, 6.45) is 1.65. The summed E-state index contributed by atoms with van der Waals surface area (Å²) >= 11 is 1.60. The summed E-state index contributed by atoms with van der Waals surface area (Å²) in [4.78, 5) is 32.8. The number of nitrogens with one attached hydrogen (secondary N) is 1. The predicted octanol–water partition coefficient (Wildman–Crippen LogP) is 7.11. The van der Waals surface area contributed by atoms with Crippen molar-refractivity contribution in [3.63, 3.8) is 0 Å². The topological polar surface area (TPSA) is 76.5 Å². The van der Waals surface area contributed by atoms with Crippen molar-refractivity contribution in [2.45, 2.75) is 63.8 Å². The van der Waals surface area contributed by atoms with Crippen LogP contribution in [-0.4, -0.2) is 57.4 Å². The van der Waals surface area contributed by atoms with Gasteiger partial charge in [-0.05, 0) is 56.9 Å². The van der Waals surface area contributed by atoms with Crippen LogP contribution >= 0.6 is 11.8 Å². The summed E-state index contributed by atoms with van der Waals surface area (Å²) < 4.78 is 7.52. The Bertz CT molecular complexity index is 1390. The quantitative estimate of drug-likeness (QED) is 0.103. The van der Waals surface area contributed by atoms with E-state index in [1.54, 1.807) is 11.8 Å². The van der Waals surface area contributed by atoms with E-state index in [0.29, 0.717) is 19.6 Å².